The Bertz CT molecular complexity index is 506. The molecule has 0 saturated heterocycles. The predicted molar refractivity (Wildman–Crippen MR) is 71.5 cm³/mol. The molecule has 2 rings (SSSR count). The summed E-state index contributed by atoms with van der Waals surface area (Å²) in [4.78, 5) is 4.24. The predicted octanol–water partition coefficient (Wildman–Crippen LogP) is 2.97. The highest BCUT2D eigenvalue weighted by atomic mass is 16.6. The van der Waals surface area contributed by atoms with Crippen molar-refractivity contribution >= 4 is 0 Å². The molecule has 1 aromatic carbocycles. The highest BCUT2D eigenvalue weighted by molar-refractivity contribution is 5.32. The van der Waals surface area contributed by atoms with E-state index < -0.39 is 0 Å². The van der Waals surface area contributed by atoms with Crippen LogP contribution in [0.2, 0.25) is 0 Å². The van der Waals surface area contributed by atoms with E-state index in [4.69, 9.17) is 13.9 Å². The minimum atomic E-state index is 0.241. The SMILES string of the molecule is COc1ccc(Oc2nc(CNC(C)C)co2)cc1. The van der Waals surface area contributed by atoms with Crippen molar-refractivity contribution in [3.05, 3.63) is 36.2 Å². The molecule has 1 N–H and O–H groups in total. The number of hydrogen-bond donors (Lipinski definition) is 1. The maximum Gasteiger partial charge on any atom is 0.399 e. The molecule has 102 valence electrons. The molecule has 19 heavy (non-hydrogen) atoms. The van der Waals surface area contributed by atoms with Gasteiger partial charge in [-0.25, -0.2) is 0 Å². The molecule has 5 heteroatoms. The zero-order chi connectivity index (χ0) is 13.7. The Kier molecular flexibility index (Phi) is 4.41. The number of benzene rings is 1. The Morgan fingerprint density at radius 2 is 1.89 bits per heavy atom. The van der Waals surface area contributed by atoms with Crippen LogP contribution in [-0.4, -0.2) is 18.1 Å². The van der Waals surface area contributed by atoms with E-state index >= 15 is 0 Å². The number of methoxy groups -OCH3 is 1. The first-order valence-electron chi connectivity index (χ1n) is 6.17. The lowest BCUT2D eigenvalue weighted by atomic mass is 10.3. The standard InChI is InChI=1S/C14H18N2O3/c1-10(2)15-8-11-9-18-14(16-11)19-13-6-4-12(17-3)5-7-13/h4-7,9-10,15H,8H2,1-3H3. The first-order chi connectivity index (χ1) is 9.17. The second kappa shape index (κ2) is 6.24. The van der Waals surface area contributed by atoms with Crippen LogP contribution in [-0.2, 0) is 6.54 Å². The van der Waals surface area contributed by atoms with Crippen molar-refractivity contribution in [1.82, 2.24) is 10.3 Å². The average molecular weight is 262 g/mol. The van der Waals surface area contributed by atoms with Crippen LogP contribution in [0.15, 0.2) is 34.9 Å². The summed E-state index contributed by atoms with van der Waals surface area (Å²) in [6.45, 7) is 4.82. The summed E-state index contributed by atoms with van der Waals surface area (Å²) in [6.07, 6.45) is 1.83. The molecule has 2 aromatic rings. The van der Waals surface area contributed by atoms with Crippen LogP contribution in [0.1, 0.15) is 19.5 Å². The molecule has 1 aromatic heterocycles. The van der Waals surface area contributed by atoms with Crippen molar-refractivity contribution in [3.63, 3.8) is 0 Å². The fraction of sp³-hybridized carbons (Fsp3) is 0.357. The molecule has 0 aliphatic rings. The summed E-state index contributed by atoms with van der Waals surface area (Å²) in [6, 6.07) is 7.64. The van der Waals surface area contributed by atoms with Crippen LogP contribution in [0.25, 0.3) is 0 Å². The highest BCUT2D eigenvalue weighted by Gasteiger charge is 2.06. The average Bonchev–Trinajstić information content (AvgIpc) is 2.85. The fourth-order valence-electron chi connectivity index (χ4n) is 1.47. The second-order valence-corrected chi connectivity index (χ2v) is 4.42. The van der Waals surface area contributed by atoms with Crippen LogP contribution in [0, 0.1) is 0 Å². The van der Waals surface area contributed by atoms with Gasteiger partial charge in [0.15, 0.2) is 0 Å². The molecule has 0 bridgehead atoms. The third-order valence-electron chi connectivity index (χ3n) is 2.49. The topological polar surface area (TPSA) is 56.5 Å². The Morgan fingerprint density at radius 1 is 1.21 bits per heavy atom. The molecular formula is C14H18N2O3. The highest BCUT2D eigenvalue weighted by Crippen LogP contribution is 2.23. The van der Waals surface area contributed by atoms with Gasteiger partial charge >= 0.3 is 6.08 Å². The normalized spacial score (nSPS) is 10.7. The van der Waals surface area contributed by atoms with Gasteiger partial charge in [0.05, 0.1) is 12.8 Å². The van der Waals surface area contributed by atoms with Crippen LogP contribution in [0.5, 0.6) is 17.6 Å². The second-order valence-electron chi connectivity index (χ2n) is 4.42. The Labute approximate surface area is 112 Å². The molecule has 5 nitrogen and oxygen atoms in total. The molecular weight excluding hydrogens is 244 g/mol. The number of nitrogens with one attached hydrogen (secondary N) is 1. The Hall–Kier alpha value is -2.01. The summed E-state index contributed by atoms with van der Waals surface area (Å²) in [7, 11) is 1.62. The van der Waals surface area contributed by atoms with Gasteiger partial charge in [-0.05, 0) is 24.3 Å². The van der Waals surface area contributed by atoms with E-state index in [-0.39, 0.29) is 6.08 Å². The van der Waals surface area contributed by atoms with Crippen molar-refractivity contribution < 1.29 is 13.9 Å². The van der Waals surface area contributed by atoms with Crippen molar-refractivity contribution in [2.45, 2.75) is 26.4 Å². The number of rotatable bonds is 6. The molecule has 0 amide bonds. The molecule has 1 heterocycles. The van der Waals surface area contributed by atoms with E-state index in [9.17, 15) is 0 Å². The summed E-state index contributed by atoms with van der Waals surface area (Å²) in [5, 5.41) is 3.26. The summed E-state index contributed by atoms with van der Waals surface area (Å²) in [5.41, 5.74) is 0.817. The Morgan fingerprint density at radius 3 is 2.53 bits per heavy atom. The van der Waals surface area contributed by atoms with Gasteiger partial charge in [0.1, 0.15) is 17.8 Å². The minimum Gasteiger partial charge on any atom is -0.497 e. The lowest BCUT2D eigenvalue weighted by molar-refractivity contribution is 0.330. The van der Waals surface area contributed by atoms with Gasteiger partial charge in [0.2, 0.25) is 0 Å². The number of hydrogen-bond acceptors (Lipinski definition) is 5. The van der Waals surface area contributed by atoms with Crippen molar-refractivity contribution in [2.75, 3.05) is 7.11 Å². The smallest absolute Gasteiger partial charge is 0.399 e. The van der Waals surface area contributed by atoms with Crippen molar-refractivity contribution in [3.8, 4) is 17.6 Å². The summed E-state index contributed by atoms with van der Waals surface area (Å²) < 4.78 is 15.8. The van der Waals surface area contributed by atoms with E-state index in [2.05, 4.69) is 24.1 Å². The molecule has 0 aliphatic heterocycles. The van der Waals surface area contributed by atoms with Gasteiger partial charge in [-0.15, -0.1) is 0 Å². The maximum absolute atomic E-state index is 5.50. The number of oxazole rings is 1. The minimum absolute atomic E-state index is 0.241. The monoisotopic (exact) mass is 262 g/mol. The van der Waals surface area contributed by atoms with Crippen LogP contribution in [0.3, 0.4) is 0 Å². The quantitative estimate of drug-likeness (QED) is 0.867. The van der Waals surface area contributed by atoms with E-state index in [0.29, 0.717) is 18.3 Å². The van der Waals surface area contributed by atoms with E-state index in [1.165, 1.54) is 0 Å². The third-order valence-corrected chi connectivity index (χ3v) is 2.49. The Balaban J connectivity index is 1.95. The maximum atomic E-state index is 5.50. The molecule has 0 radical (unpaired) electrons. The van der Waals surface area contributed by atoms with E-state index in [1.807, 2.05) is 12.1 Å². The third kappa shape index (κ3) is 3.99. The molecule has 0 spiro atoms. The van der Waals surface area contributed by atoms with Crippen molar-refractivity contribution in [2.24, 2.45) is 0 Å². The van der Waals surface area contributed by atoms with Gasteiger partial charge in [0, 0.05) is 12.6 Å². The van der Waals surface area contributed by atoms with Crippen LogP contribution >= 0.6 is 0 Å². The van der Waals surface area contributed by atoms with E-state index in [1.54, 1.807) is 25.5 Å². The lowest BCUT2D eigenvalue weighted by Crippen LogP contribution is -2.21. The lowest BCUT2D eigenvalue weighted by Gasteiger charge is -2.04. The zero-order valence-electron chi connectivity index (χ0n) is 11.3. The van der Waals surface area contributed by atoms with Gasteiger partial charge in [-0.2, -0.15) is 4.98 Å². The van der Waals surface area contributed by atoms with E-state index in [0.717, 1.165) is 11.4 Å². The molecule has 0 saturated carbocycles. The van der Waals surface area contributed by atoms with Gasteiger partial charge in [0.25, 0.3) is 0 Å². The van der Waals surface area contributed by atoms with Crippen molar-refractivity contribution in [1.29, 1.82) is 0 Å². The molecule has 0 unspecified atom stereocenters. The first kappa shape index (κ1) is 13.4. The van der Waals surface area contributed by atoms with Gasteiger partial charge in [-0.1, -0.05) is 13.8 Å². The van der Waals surface area contributed by atoms with Crippen LogP contribution in [0.4, 0.5) is 0 Å². The van der Waals surface area contributed by atoms with Gasteiger partial charge in [-0.3, -0.25) is 0 Å². The molecule has 0 aliphatic carbocycles. The number of aromatic nitrogens is 1. The zero-order valence-corrected chi connectivity index (χ0v) is 11.3. The first-order valence-corrected chi connectivity index (χ1v) is 6.17. The van der Waals surface area contributed by atoms with Crippen LogP contribution < -0.4 is 14.8 Å². The molecule has 0 atom stereocenters. The number of nitrogens with zero attached hydrogens (tertiary/aromatic N) is 1. The number of ether oxygens (including phenoxy) is 2. The van der Waals surface area contributed by atoms with Gasteiger partial charge < -0.3 is 19.2 Å². The fourth-order valence-corrected chi connectivity index (χ4v) is 1.47. The summed E-state index contributed by atoms with van der Waals surface area (Å²) >= 11 is 0. The summed E-state index contributed by atoms with van der Waals surface area (Å²) in [5.74, 6) is 1.44. The molecule has 0 fully saturated rings. The largest absolute Gasteiger partial charge is 0.497 e.